The number of nitrogens with one attached hydrogen (secondary N) is 1. The topological polar surface area (TPSA) is 54.9 Å². The lowest BCUT2D eigenvalue weighted by Crippen LogP contribution is -2.08. The number of hydrogen-bond donors (Lipinski definition) is 1. The summed E-state index contributed by atoms with van der Waals surface area (Å²) in [5.74, 6) is 0.697. The van der Waals surface area contributed by atoms with Crippen LogP contribution in [0.25, 0.3) is 10.2 Å². The summed E-state index contributed by atoms with van der Waals surface area (Å²) in [5, 5.41) is 5.07. The van der Waals surface area contributed by atoms with Gasteiger partial charge in [0.05, 0.1) is 0 Å². The zero-order valence-corrected chi connectivity index (χ0v) is 15.8. The Bertz CT molecular complexity index is 934. The van der Waals surface area contributed by atoms with Gasteiger partial charge in [0.15, 0.2) is 0 Å². The van der Waals surface area contributed by atoms with E-state index in [1.165, 1.54) is 29.2 Å². The highest BCUT2D eigenvalue weighted by Gasteiger charge is 2.23. The molecule has 1 aliphatic rings. The lowest BCUT2D eigenvalue weighted by atomic mass is 9.89. The molecule has 1 aromatic carbocycles. The van der Waals surface area contributed by atoms with E-state index in [1.807, 2.05) is 35.6 Å². The molecule has 0 fully saturated rings. The third-order valence-corrected chi connectivity index (χ3v) is 6.62. The Morgan fingerprint density at radius 3 is 2.84 bits per heavy atom. The van der Waals surface area contributed by atoms with E-state index in [1.54, 1.807) is 18.1 Å². The SMILES string of the molecule is CC(=O)Nc1ccc(Sc2ncnc3sc4c(c23)CC[C@@H](C)C4)cc1. The zero-order valence-electron chi connectivity index (χ0n) is 14.2. The Kier molecular flexibility index (Phi) is 4.48. The number of rotatable bonds is 3. The molecule has 4 nitrogen and oxygen atoms in total. The molecule has 3 aromatic rings. The number of carbonyl (C=O) groups excluding carboxylic acids is 1. The second kappa shape index (κ2) is 6.77. The second-order valence-electron chi connectivity index (χ2n) is 6.52. The maximum absolute atomic E-state index is 11.1. The van der Waals surface area contributed by atoms with Crippen molar-refractivity contribution in [3.8, 4) is 0 Å². The van der Waals surface area contributed by atoms with Crippen molar-refractivity contribution in [1.82, 2.24) is 9.97 Å². The van der Waals surface area contributed by atoms with Crippen LogP contribution in [0.3, 0.4) is 0 Å². The molecule has 0 spiro atoms. The van der Waals surface area contributed by atoms with Crippen molar-refractivity contribution in [2.75, 3.05) is 5.32 Å². The van der Waals surface area contributed by atoms with Gasteiger partial charge in [0.1, 0.15) is 16.2 Å². The number of thiophene rings is 1. The van der Waals surface area contributed by atoms with Crippen LogP contribution in [0, 0.1) is 5.92 Å². The molecule has 1 aliphatic carbocycles. The molecule has 0 radical (unpaired) electrons. The van der Waals surface area contributed by atoms with E-state index < -0.39 is 0 Å². The number of nitrogens with zero attached hydrogens (tertiary/aromatic N) is 2. The molecule has 0 aliphatic heterocycles. The first kappa shape index (κ1) is 16.5. The summed E-state index contributed by atoms with van der Waals surface area (Å²) in [4.78, 5) is 23.9. The number of fused-ring (bicyclic) bond motifs is 3. The molecule has 0 saturated heterocycles. The van der Waals surface area contributed by atoms with E-state index in [2.05, 4.69) is 22.2 Å². The van der Waals surface area contributed by atoms with Crippen molar-refractivity contribution in [3.63, 3.8) is 0 Å². The molecule has 0 unspecified atom stereocenters. The monoisotopic (exact) mass is 369 g/mol. The number of carbonyl (C=O) groups is 1. The largest absolute Gasteiger partial charge is 0.326 e. The fraction of sp³-hybridized carbons (Fsp3) is 0.316. The first-order valence-corrected chi connectivity index (χ1v) is 10.0. The summed E-state index contributed by atoms with van der Waals surface area (Å²) in [6, 6.07) is 7.88. The van der Waals surface area contributed by atoms with Crippen LogP contribution in [-0.2, 0) is 17.6 Å². The standard InChI is InChI=1S/C19H19N3OS2/c1-11-3-8-15-16(9-11)25-19-17(15)18(20-10-21-19)24-14-6-4-13(5-7-14)22-12(2)23/h4-7,10-11H,3,8-9H2,1-2H3,(H,22,23)/t11-/m1/s1. The smallest absolute Gasteiger partial charge is 0.221 e. The average Bonchev–Trinajstić information content (AvgIpc) is 2.94. The zero-order chi connectivity index (χ0) is 17.4. The van der Waals surface area contributed by atoms with E-state index in [0.717, 1.165) is 39.2 Å². The number of aryl methyl sites for hydroxylation is 1. The molecule has 1 atom stereocenters. The van der Waals surface area contributed by atoms with E-state index in [-0.39, 0.29) is 5.91 Å². The predicted octanol–water partition coefficient (Wildman–Crippen LogP) is 4.93. The Hall–Kier alpha value is -1.92. The Morgan fingerprint density at radius 2 is 2.08 bits per heavy atom. The fourth-order valence-electron chi connectivity index (χ4n) is 3.24. The van der Waals surface area contributed by atoms with Gasteiger partial charge in [0.2, 0.25) is 5.91 Å². The normalized spacial score (nSPS) is 16.6. The summed E-state index contributed by atoms with van der Waals surface area (Å²) in [6.45, 7) is 3.84. The molecular formula is C19H19N3OS2. The number of aromatic nitrogens is 2. The van der Waals surface area contributed by atoms with Gasteiger partial charge >= 0.3 is 0 Å². The van der Waals surface area contributed by atoms with Crippen LogP contribution in [0.2, 0.25) is 0 Å². The molecule has 1 amide bonds. The van der Waals surface area contributed by atoms with Gasteiger partial charge in [0, 0.05) is 27.8 Å². The highest BCUT2D eigenvalue weighted by Crippen LogP contribution is 2.42. The molecule has 25 heavy (non-hydrogen) atoms. The summed E-state index contributed by atoms with van der Waals surface area (Å²) < 4.78 is 0. The van der Waals surface area contributed by atoms with Crippen LogP contribution in [0.5, 0.6) is 0 Å². The molecule has 1 N–H and O–H groups in total. The first-order valence-electron chi connectivity index (χ1n) is 8.41. The molecular weight excluding hydrogens is 350 g/mol. The minimum absolute atomic E-state index is 0.0583. The maximum Gasteiger partial charge on any atom is 0.221 e. The summed E-state index contributed by atoms with van der Waals surface area (Å²) in [6.07, 6.45) is 5.19. The van der Waals surface area contributed by atoms with E-state index in [4.69, 9.17) is 0 Å². The average molecular weight is 370 g/mol. The van der Waals surface area contributed by atoms with Crippen molar-refractivity contribution in [2.45, 2.75) is 43.0 Å². The third-order valence-electron chi connectivity index (χ3n) is 4.45. The summed E-state index contributed by atoms with van der Waals surface area (Å²) in [5.41, 5.74) is 2.27. The molecule has 4 rings (SSSR count). The predicted molar refractivity (Wildman–Crippen MR) is 103 cm³/mol. The van der Waals surface area contributed by atoms with E-state index in [9.17, 15) is 4.79 Å². The number of hydrogen-bond acceptors (Lipinski definition) is 5. The van der Waals surface area contributed by atoms with Crippen molar-refractivity contribution in [3.05, 3.63) is 41.0 Å². The minimum atomic E-state index is -0.0583. The van der Waals surface area contributed by atoms with Crippen LogP contribution in [-0.4, -0.2) is 15.9 Å². The molecule has 6 heteroatoms. The van der Waals surface area contributed by atoms with Crippen LogP contribution >= 0.6 is 23.1 Å². The molecule has 0 bridgehead atoms. The highest BCUT2D eigenvalue weighted by atomic mass is 32.2. The van der Waals surface area contributed by atoms with Crippen LogP contribution in [0.1, 0.15) is 30.7 Å². The quantitative estimate of drug-likeness (QED) is 0.665. The van der Waals surface area contributed by atoms with E-state index in [0.29, 0.717) is 0 Å². The van der Waals surface area contributed by atoms with Crippen LogP contribution in [0.15, 0.2) is 40.5 Å². The minimum Gasteiger partial charge on any atom is -0.326 e. The van der Waals surface area contributed by atoms with E-state index >= 15 is 0 Å². The van der Waals surface area contributed by atoms with Gasteiger partial charge in [0.25, 0.3) is 0 Å². The first-order chi connectivity index (χ1) is 12.1. The maximum atomic E-state index is 11.1. The molecule has 2 heterocycles. The fourth-order valence-corrected chi connectivity index (χ4v) is 5.58. The van der Waals surface area contributed by atoms with Gasteiger partial charge in [-0.1, -0.05) is 18.7 Å². The van der Waals surface area contributed by atoms with Crippen molar-refractivity contribution < 1.29 is 4.79 Å². The Morgan fingerprint density at radius 1 is 1.28 bits per heavy atom. The van der Waals surface area contributed by atoms with Crippen LogP contribution < -0.4 is 5.32 Å². The van der Waals surface area contributed by atoms with Gasteiger partial charge < -0.3 is 5.32 Å². The van der Waals surface area contributed by atoms with Gasteiger partial charge in [-0.2, -0.15) is 0 Å². The van der Waals surface area contributed by atoms with Crippen molar-refractivity contribution in [1.29, 1.82) is 0 Å². The van der Waals surface area contributed by atoms with Crippen LogP contribution in [0.4, 0.5) is 5.69 Å². The molecule has 2 aromatic heterocycles. The van der Waals surface area contributed by atoms with Gasteiger partial charge in [-0.3, -0.25) is 4.79 Å². The summed E-state index contributed by atoms with van der Waals surface area (Å²) >= 11 is 3.49. The van der Waals surface area contributed by atoms with Crippen molar-refractivity contribution in [2.24, 2.45) is 5.92 Å². The van der Waals surface area contributed by atoms with Crippen molar-refractivity contribution >= 4 is 44.9 Å². The lowest BCUT2D eigenvalue weighted by molar-refractivity contribution is -0.114. The van der Waals surface area contributed by atoms with Gasteiger partial charge in [-0.25, -0.2) is 9.97 Å². The van der Waals surface area contributed by atoms with Gasteiger partial charge in [-0.15, -0.1) is 11.3 Å². The third kappa shape index (κ3) is 3.41. The summed E-state index contributed by atoms with van der Waals surface area (Å²) in [7, 11) is 0. The number of anilines is 1. The Labute approximate surface area is 155 Å². The van der Waals surface area contributed by atoms with Gasteiger partial charge in [-0.05, 0) is 55.0 Å². The molecule has 0 saturated carbocycles. The lowest BCUT2D eigenvalue weighted by Gasteiger charge is -2.18. The Balaban J connectivity index is 1.66. The second-order valence-corrected chi connectivity index (χ2v) is 8.66. The number of benzene rings is 1. The number of amides is 1. The molecule has 128 valence electrons. The highest BCUT2D eigenvalue weighted by molar-refractivity contribution is 7.99.